The van der Waals surface area contributed by atoms with E-state index >= 15 is 0 Å². The molecule has 0 bridgehead atoms. The molecule has 0 spiro atoms. The van der Waals surface area contributed by atoms with Crippen LogP contribution in [0.1, 0.15) is 69.2 Å². The topological polar surface area (TPSA) is 105 Å². The molecular formula is C21H32Cl4O8. The summed E-state index contributed by atoms with van der Waals surface area (Å²) in [5.41, 5.74) is -1.70. The Hall–Kier alpha value is -0.960. The Balaban J connectivity index is 6.71. The van der Waals surface area contributed by atoms with Crippen LogP contribution in [0.15, 0.2) is 0 Å². The summed E-state index contributed by atoms with van der Waals surface area (Å²) >= 11 is 24.2. The highest BCUT2D eigenvalue weighted by Crippen LogP contribution is 2.42. The van der Waals surface area contributed by atoms with Gasteiger partial charge in [0.25, 0.3) is 0 Å². The van der Waals surface area contributed by atoms with Crippen molar-refractivity contribution >= 4 is 70.3 Å². The number of alkyl halides is 4. The van der Waals surface area contributed by atoms with Crippen LogP contribution in [0.5, 0.6) is 0 Å². The highest BCUT2D eigenvalue weighted by Gasteiger charge is 2.61. The smallest absolute Gasteiger partial charge is 0.432 e. The van der Waals surface area contributed by atoms with Crippen LogP contribution >= 0.6 is 46.4 Å². The molecule has 0 aliphatic rings. The van der Waals surface area contributed by atoms with Gasteiger partial charge in [-0.05, 0) is 69.2 Å². The summed E-state index contributed by atoms with van der Waals surface area (Å²) < 4.78 is 21.5. The average molecular weight is 554 g/mol. The van der Waals surface area contributed by atoms with Gasteiger partial charge in [0.1, 0.15) is 31.5 Å². The second kappa shape index (κ2) is 10.3. The number of halogens is 4. The molecule has 0 rings (SSSR count). The van der Waals surface area contributed by atoms with Crippen LogP contribution in [0.4, 0.5) is 0 Å². The molecule has 12 heteroatoms. The van der Waals surface area contributed by atoms with Gasteiger partial charge in [-0.15, -0.1) is 46.4 Å². The quantitative estimate of drug-likeness (QED) is 0.213. The molecule has 0 fully saturated rings. The number of esters is 4. The molecule has 192 valence electrons. The second-order valence-corrected chi connectivity index (χ2v) is 13.9. The van der Waals surface area contributed by atoms with E-state index in [0.717, 1.165) is 0 Å². The first-order valence-corrected chi connectivity index (χ1v) is 11.4. The summed E-state index contributed by atoms with van der Waals surface area (Å²) in [6.45, 7) is 12.8. The number of carbonyl (C=O) groups excluding carboxylic acids is 4. The van der Waals surface area contributed by atoms with E-state index in [-0.39, 0.29) is 0 Å². The summed E-state index contributed by atoms with van der Waals surface area (Å²) in [7, 11) is 0. The number of rotatable bonds is 10. The van der Waals surface area contributed by atoms with E-state index in [9.17, 15) is 19.2 Å². The standard InChI is InChI=1S/C21H32Cl4O8/c1-16(2,11-30-12(26)17(3,4)22)21(31-13(27)18(5,6)23,32-14(28)19(7,8)24)33-15(29)20(9,10)25/h11H2,1-10H3. The molecule has 0 radical (unpaired) electrons. The molecule has 0 saturated heterocycles. The zero-order valence-electron chi connectivity index (χ0n) is 20.5. The van der Waals surface area contributed by atoms with E-state index in [1.165, 1.54) is 69.2 Å². The van der Waals surface area contributed by atoms with Crippen molar-refractivity contribution in [1.82, 2.24) is 0 Å². The van der Waals surface area contributed by atoms with Gasteiger partial charge in [-0.3, -0.25) is 4.79 Å². The Labute approximate surface area is 214 Å². The van der Waals surface area contributed by atoms with Gasteiger partial charge in [-0.2, -0.15) is 0 Å². The maximum absolute atomic E-state index is 12.8. The molecule has 0 unspecified atom stereocenters. The van der Waals surface area contributed by atoms with Gasteiger partial charge in [0, 0.05) is 0 Å². The van der Waals surface area contributed by atoms with Crippen LogP contribution in [0, 0.1) is 5.41 Å². The fraction of sp³-hybridized carbons (Fsp3) is 0.810. The first kappa shape index (κ1) is 32.0. The Kier molecular flexibility index (Phi) is 10.0. The van der Waals surface area contributed by atoms with Crippen molar-refractivity contribution in [2.75, 3.05) is 6.61 Å². The maximum Gasteiger partial charge on any atom is 0.432 e. The zero-order chi connectivity index (χ0) is 26.8. The summed E-state index contributed by atoms with van der Waals surface area (Å²) in [4.78, 5) is 44.2. The Morgan fingerprint density at radius 3 is 0.970 bits per heavy atom. The zero-order valence-corrected chi connectivity index (χ0v) is 23.5. The van der Waals surface area contributed by atoms with Gasteiger partial charge in [0.15, 0.2) is 0 Å². The molecule has 0 saturated carbocycles. The van der Waals surface area contributed by atoms with Crippen LogP contribution in [0.25, 0.3) is 0 Å². The van der Waals surface area contributed by atoms with E-state index < -0.39 is 61.4 Å². The van der Waals surface area contributed by atoms with E-state index in [0.29, 0.717) is 0 Å². The van der Waals surface area contributed by atoms with Gasteiger partial charge in [0.2, 0.25) is 0 Å². The van der Waals surface area contributed by atoms with Crippen molar-refractivity contribution in [3.8, 4) is 0 Å². The van der Waals surface area contributed by atoms with Crippen LogP contribution in [-0.4, -0.2) is 56.0 Å². The van der Waals surface area contributed by atoms with E-state index in [1.807, 2.05) is 0 Å². The Morgan fingerprint density at radius 1 is 0.515 bits per heavy atom. The third-order valence-corrected chi connectivity index (χ3v) is 4.63. The third kappa shape index (κ3) is 9.30. The highest BCUT2D eigenvalue weighted by molar-refractivity contribution is 6.34. The average Bonchev–Trinajstić information content (AvgIpc) is 2.55. The SMILES string of the molecule is CC(C)(Cl)C(=O)OCC(C)(C)C(OC(=O)C(C)(C)Cl)(OC(=O)C(C)(C)Cl)OC(=O)C(C)(C)Cl. The lowest BCUT2D eigenvalue weighted by atomic mass is 9.90. The molecule has 0 N–H and O–H groups in total. The van der Waals surface area contributed by atoms with E-state index in [1.54, 1.807) is 0 Å². The summed E-state index contributed by atoms with van der Waals surface area (Å²) in [6.07, 6.45) is 0. The molecule has 0 aromatic carbocycles. The van der Waals surface area contributed by atoms with Crippen LogP contribution in [-0.2, 0) is 38.1 Å². The van der Waals surface area contributed by atoms with Crippen molar-refractivity contribution in [2.24, 2.45) is 5.41 Å². The summed E-state index contributed by atoms with van der Waals surface area (Å²) in [5.74, 6) is -6.94. The van der Waals surface area contributed by atoms with Gasteiger partial charge in [-0.1, -0.05) is 0 Å². The minimum atomic E-state index is -2.78. The number of carbonyl (C=O) groups is 4. The monoisotopic (exact) mass is 552 g/mol. The molecule has 0 aromatic rings. The normalized spacial score (nSPS) is 13.8. The van der Waals surface area contributed by atoms with E-state index in [4.69, 9.17) is 65.4 Å². The largest absolute Gasteiger partial charge is 0.463 e. The fourth-order valence-electron chi connectivity index (χ4n) is 1.71. The van der Waals surface area contributed by atoms with Gasteiger partial charge < -0.3 is 18.9 Å². The molecular weight excluding hydrogens is 522 g/mol. The molecule has 0 atom stereocenters. The minimum Gasteiger partial charge on any atom is -0.463 e. The summed E-state index contributed by atoms with van der Waals surface area (Å²) in [5, 5.41) is 0. The highest BCUT2D eigenvalue weighted by atomic mass is 35.5. The second-order valence-electron chi connectivity index (χ2n) is 10.1. The minimum absolute atomic E-state index is 0.566. The van der Waals surface area contributed by atoms with Gasteiger partial charge in [-0.25, -0.2) is 14.4 Å². The van der Waals surface area contributed by atoms with Crippen LogP contribution in [0.3, 0.4) is 0 Å². The molecule has 0 aliphatic carbocycles. The predicted octanol–water partition coefficient (Wildman–Crippen LogP) is 4.91. The first-order chi connectivity index (χ1) is 14.3. The maximum atomic E-state index is 12.8. The summed E-state index contributed by atoms with van der Waals surface area (Å²) in [6, 6.07) is 0. The molecule has 8 nitrogen and oxygen atoms in total. The van der Waals surface area contributed by atoms with E-state index in [2.05, 4.69) is 0 Å². The van der Waals surface area contributed by atoms with Crippen LogP contribution in [0.2, 0.25) is 0 Å². The van der Waals surface area contributed by atoms with Crippen LogP contribution < -0.4 is 0 Å². The molecule has 33 heavy (non-hydrogen) atoms. The van der Waals surface area contributed by atoms with Crippen molar-refractivity contribution in [2.45, 2.75) is 94.7 Å². The van der Waals surface area contributed by atoms with Crippen molar-refractivity contribution in [3.63, 3.8) is 0 Å². The molecule has 0 amide bonds. The fourth-order valence-corrected chi connectivity index (χ4v) is 1.88. The predicted molar refractivity (Wildman–Crippen MR) is 125 cm³/mol. The Morgan fingerprint density at radius 2 is 0.758 bits per heavy atom. The van der Waals surface area contributed by atoms with Crippen molar-refractivity contribution < 1.29 is 38.1 Å². The Bertz CT molecular complexity index is 696. The van der Waals surface area contributed by atoms with Gasteiger partial charge >= 0.3 is 29.9 Å². The lowest BCUT2D eigenvalue weighted by molar-refractivity contribution is -0.379. The molecule has 0 aromatic heterocycles. The number of ether oxygens (including phenoxy) is 4. The lowest BCUT2D eigenvalue weighted by Crippen LogP contribution is -2.60. The third-order valence-electron chi connectivity index (χ3n) is 4.02. The molecule has 0 heterocycles. The van der Waals surface area contributed by atoms with Crippen molar-refractivity contribution in [1.29, 1.82) is 0 Å². The first-order valence-electron chi connectivity index (χ1n) is 9.89. The number of hydrogen-bond donors (Lipinski definition) is 0. The lowest BCUT2D eigenvalue weighted by Gasteiger charge is -2.44. The van der Waals surface area contributed by atoms with Gasteiger partial charge in [0.05, 0.1) is 0 Å². The molecule has 0 aliphatic heterocycles. The number of hydrogen-bond acceptors (Lipinski definition) is 8. The van der Waals surface area contributed by atoms with Crippen molar-refractivity contribution in [3.05, 3.63) is 0 Å².